The fourth-order valence-corrected chi connectivity index (χ4v) is 5.24. The molecule has 6 nitrogen and oxygen atoms in total. The van der Waals surface area contributed by atoms with Gasteiger partial charge in [-0.1, -0.05) is 0 Å². The van der Waals surface area contributed by atoms with Crippen LogP contribution in [0.3, 0.4) is 0 Å². The number of hydrogen-bond donors (Lipinski definition) is 2. The molecule has 2 N–H and O–H groups in total. The van der Waals surface area contributed by atoms with Gasteiger partial charge < -0.3 is 5.32 Å². The predicted octanol–water partition coefficient (Wildman–Crippen LogP) is 1.34. The molecule has 1 unspecified atom stereocenters. The second-order valence-electron chi connectivity index (χ2n) is 4.95. The molecule has 0 saturated heterocycles. The van der Waals surface area contributed by atoms with Gasteiger partial charge in [-0.05, 0) is 37.9 Å². The van der Waals surface area contributed by atoms with Crippen molar-refractivity contribution in [2.24, 2.45) is 0 Å². The van der Waals surface area contributed by atoms with Crippen LogP contribution in [-0.4, -0.2) is 31.3 Å². The lowest BCUT2D eigenvalue weighted by molar-refractivity contribution is 0.493. The average Bonchev–Trinajstić information content (AvgIpc) is 2.99. The quantitative estimate of drug-likeness (QED) is 0.804. The van der Waals surface area contributed by atoms with Crippen molar-refractivity contribution in [2.45, 2.75) is 37.9 Å². The van der Waals surface area contributed by atoms with Crippen LogP contribution in [0.25, 0.3) is 0 Å². The van der Waals surface area contributed by atoms with Crippen LogP contribution in [0.5, 0.6) is 0 Å². The van der Waals surface area contributed by atoms with E-state index in [1.54, 1.807) is 17.9 Å². The summed E-state index contributed by atoms with van der Waals surface area (Å²) in [5, 5.41) is 8.97. The summed E-state index contributed by atoms with van der Waals surface area (Å²) >= 11 is 1.46. The van der Waals surface area contributed by atoms with Crippen molar-refractivity contribution in [2.75, 3.05) is 7.05 Å². The van der Waals surface area contributed by atoms with Crippen LogP contribution in [-0.2, 0) is 23.1 Å². The van der Waals surface area contributed by atoms with E-state index in [1.165, 1.54) is 11.3 Å². The number of hydrogen-bond acceptors (Lipinski definition) is 5. The molecule has 2 rings (SSSR count). The first-order valence-electron chi connectivity index (χ1n) is 6.65. The van der Waals surface area contributed by atoms with Gasteiger partial charge in [0.15, 0.2) is 0 Å². The van der Waals surface area contributed by atoms with E-state index in [9.17, 15) is 8.42 Å². The normalized spacial score (nSPS) is 13.5. The standard InChI is InChI=1S/C13H20N4O2S2/c1-10-9-20-12(7-14-3)13(10)21(18,19)16-11(2)8-17-6-4-5-15-17/h4-6,9,11,14,16H,7-8H2,1-3H3. The first kappa shape index (κ1) is 16.2. The zero-order valence-electron chi connectivity index (χ0n) is 12.3. The molecule has 0 aromatic carbocycles. The number of nitrogens with zero attached hydrogens (tertiary/aromatic N) is 2. The Hall–Kier alpha value is -1.22. The first-order valence-corrected chi connectivity index (χ1v) is 9.01. The van der Waals surface area contributed by atoms with Crippen molar-refractivity contribution in [1.29, 1.82) is 0 Å². The monoisotopic (exact) mass is 328 g/mol. The third kappa shape index (κ3) is 3.91. The third-order valence-corrected chi connectivity index (χ3v) is 6.02. The van der Waals surface area contributed by atoms with E-state index in [2.05, 4.69) is 15.1 Å². The van der Waals surface area contributed by atoms with E-state index in [-0.39, 0.29) is 6.04 Å². The fraction of sp³-hybridized carbons (Fsp3) is 0.462. The Bertz CT molecular complexity index is 677. The molecule has 0 amide bonds. The minimum absolute atomic E-state index is 0.239. The lowest BCUT2D eigenvalue weighted by Gasteiger charge is -2.15. The van der Waals surface area contributed by atoms with Gasteiger partial charge in [0.2, 0.25) is 10.0 Å². The zero-order valence-corrected chi connectivity index (χ0v) is 14.0. The van der Waals surface area contributed by atoms with Crippen LogP contribution >= 0.6 is 11.3 Å². The lowest BCUT2D eigenvalue weighted by Crippen LogP contribution is -2.36. The van der Waals surface area contributed by atoms with E-state index in [0.717, 1.165) is 10.4 Å². The predicted molar refractivity (Wildman–Crippen MR) is 83.8 cm³/mol. The largest absolute Gasteiger partial charge is 0.315 e. The molecule has 0 bridgehead atoms. The zero-order chi connectivity index (χ0) is 15.5. The highest BCUT2D eigenvalue weighted by atomic mass is 32.2. The summed E-state index contributed by atoms with van der Waals surface area (Å²) in [5.74, 6) is 0. The molecular formula is C13H20N4O2S2. The summed E-state index contributed by atoms with van der Waals surface area (Å²) in [6.45, 7) is 4.69. The summed E-state index contributed by atoms with van der Waals surface area (Å²) in [4.78, 5) is 1.22. The van der Waals surface area contributed by atoms with Crippen LogP contribution in [0.1, 0.15) is 17.4 Å². The molecule has 0 fully saturated rings. The Morgan fingerprint density at radius 2 is 2.24 bits per heavy atom. The Balaban J connectivity index is 2.16. The molecule has 0 aliphatic rings. The molecule has 8 heteroatoms. The van der Waals surface area contributed by atoms with E-state index < -0.39 is 10.0 Å². The molecule has 2 aromatic heterocycles. The highest BCUT2D eigenvalue weighted by Crippen LogP contribution is 2.26. The second kappa shape index (κ2) is 6.69. The van der Waals surface area contributed by atoms with Gasteiger partial charge in [-0.15, -0.1) is 11.3 Å². The van der Waals surface area contributed by atoms with Gasteiger partial charge in [0.1, 0.15) is 4.90 Å². The van der Waals surface area contributed by atoms with E-state index in [4.69, 9.17) is 0 Å². The van der Waals surface area contributed by atoms with Gasteiger partial charge in [0.05, 0.1) is 6.54 Å². The first-order chi connectivity index (χ1) is 9.94. The maximum Gasteiger partial charge on any atom is 0.242 e. The van der Waals surface area contributed by atoms with Crippen molar-refractivity contribution in [1.82, 2.24) is 19.8 Å². The number of rotatable bonds is 7. The minimum atomic E-state index is -3.52. The van der Waals surface area contributed by atoms with Gasteiger partial charge in [0, 0.05) is 29.9 Å². The second-order valence-corrected chi connectivity index (χ2v) is 7.57. The van der Waals surface area contributed by atoms with Crippen molar-refractivity contribution in [3.8, 4) is 0 Å². The number of aryl methyl sites for hydroxylation is 1. The van der Waals surface area contributed by atoms with Gasteiger partial charge in [-0.3, -0.25) is 4.68 Å². The van der Waals surface area contributed by atoms with E-state index in [1.807, 2.05) is 31.5 Å². The van der Waals surface area contributed by atoms with E-state index >= 15 is 0 Å². The minimum Gasteiger partial charge on any atom is -0.315 e. The molecule has 0 aliphatic carbocycles. The average molecular weight is 328 g/mol. The summed E-state index contributed by atoms with van der Waals surface area (Å²) in [7, 11) is -1.72. The molecule has 0 radical (unpaired) electrons. The number of sulfonamides is 1. The van der Waals surface area contributed by atoms with Gasteiger partial charge in [-0.2, -0.15) is 5.10 Å². The molecule has 2 heterocycles. The van der Waals surface area contributed by atoms with Crippen LogP contribution in [0.4, 0.5) is 0 Å². The highest BCUT2D eigenvalue weighted by molar-refractivity contribution is 7.89. The number of thiophene rings is 1. The third-order valence-electron chi connectivity index (χ3n) is 2.97. The summed E-state index contributed by atoms with van der Waals surface area (Å²) < 4.78 is 29.6. The van der Waals surface area contributed by atoms with Gasteiger partial charge in [0.25, 0.3) is 0 Å². The fourth-order valence-electron chi connectivity index (χ4n) is 2.18. The SMILES string of the molecule is CNCc1scc(C)c1S(=O)(=O)NC(C)Cn1cccn1. The molecule has 2 aromatic rings. The van der Waals surface area contributed by atoms with Crippen molar-refractivity contribution in [3.05, 3.63) is 34.3 Å². The Morgan fingerprint density at radius 3 is 2.86 bits per heavy atom. The molecule has 0 aliphatic heterocycles. The Labute approximate surface area is 129 Å². The maximum absolute atomic E-state index is 12.6. The Kier molecular flexibility index (Phi) is 5.15. The van der Waals surface area contributed by atoms with Crippen LogP contribution < -0.4 is 10.0 Å². The number of aromatic nitrogens is 2. The summed E-state index contributed by atoms with van der Waals surface area (Å²) in [6.07, 6.45) is 3.49. The highest BCUT2D eigenvalue weighted by Gasteiger charge is 2.24. The molecule has 116 valence electrons. The van der Waals surface area contributed by atoms with Crippen LogP contribution in [0, 0.1) is 6.92 Å². The number of nitrogens with one attached hydrogen (secondary N) is 2. The van der Waals surface area contributed by atoms with Crippen LogP contribution in [0.2, 0.25) is 0 Å². The molecule has 0 saturated carbocycles. The maximum atomic E-state index is 12.6. The molecule has 1 atom stereocenters. The van der Waals surface area contributed by atoms with Crippen molar-refractivity contribution in [3.63, 3.8) is 0 Å². The molecule has 21 heavy (non-hydrogen) atoms. The molecular weight excluding hydrogens is 308 g/mol. The van der Waals surface area contributed by atoms with Crippen molar-refractivity contribution < 1.29 is 8.42 Å². The van der Waals surface area contributed by atoms with Gasteiger partial charge >= 0.3 is 0 Å². The van der Waals surface area contributed by atoms with Crippen molar-refractivity contribution >= 4 is 21.4 Å². The lowest BCUT2D eigenvalue weighted by atomic mass is 10.3. The topological polar surface area (TPSA) is 76.0 Å². The van der Waals surface area contributed by atoms with E-state index in [0.29, 0.717) is 18.0 Å². The summed E-state index contributed by atoms with van der Waals surface area (Å²) in [5.41, 5.74) is 0.782. The Morgan fingerprint density at radius 1 is 1.48 bits per heavy atom. The smallest absolute Gasteiger partial charge is 0.242 e. The summed E-state index contributed by atoms with van der Waals surface area (Å²) in [6, 6.07) is 1.58. The van der Waals surface area contributed by atoms with Crippen LogP contribution in [0.15, 0.2) is 28.7 Å². The van der Waals surface area contributed by atoms with Gasteiger partial charge in [-0.25, -0.2) is 13.1 Å². The molecule has 0 spiro atoms.